The van der Waals surface area contributed by atoms with Gasteiger partial charge in [-0.3, -0.25) is 0 Å². The van der Waals surface area contributed by atoms with Crippen molar-refractivity contribution < 1.29 is 4.74 Å². The Morgan fingerprint density at radius 3 is 2.46 bits per heavy atom. The zero-order chi connectivity index (χ0) is 9.73. The van der Waals surface area contributed by atoms with Crippen molar-refractivity contribution in [3.05, 3.63) is 30.7 Å². The molecule has 2 nitrogen and oxygen atoms in total. The SMILES string of the molecule is CCCC(N)C1(OC)C=C[CH]C=C1. The van der Waals surface area contributed by atoms with E-state index in [1.54, 1.807) is 7.11 Å². The molecule has 0 aromatic heterocycles. The third-order valence-corrected chi connectivity index (χ3v) is 2.47. The van der Waals surface area contributed by atoms with Crippen LogP contribution in [0.5, 0.6) is 0 Å². The molecule has 0 aromatic carbocycles. The lowest BCUT2D eigenvalue weighted by atomic mass is 9.87. The van der Waals surface area contributed by atoms with Crippen LogP contribution in [0.2, 0.25) is 0 Å². The first kappa shape index (κ1) is 10.5. The van der Waals surface area contributed by atoms with Gasteiger partial charge in [-0.05, 0) is 6.42 Å². The Morgan fingerprint density at radius 1 is 1.38 bits per heavy atom. The minimum Gasteiger partial charge on any atom is -0.368 e. The fraction of sp³-hybridized carbons (Fsp3) is 0.545. The van der Waals surface area contributed by atoms with Crippen LogP contribution < -0.4 is 5.73 Å². The van der Waals surface area contributed by atoms with Crippen LogP contribution in [0.15, 0.2) is 24.3 Å². The van der Waals surface area contributed by atoms with Crippen molar-refractivity contribution in [1.29, 1.82) is 0 Å². The van der Waals surface area contributed by atoms with Gasteiger partial charge in [0.1, 0.15) is 5.60 Å². The molecule has 1 atom stereocenters. The summed E-state index contributed by atoms with van der Waals surface area (Å²) in [4.78, 5) is 0. The van der Waals surface area contributed by atoms with Crippen molar-refractivity contribution in [3.8, 4) is 0 Å². The second kappa shape index (κ2) is 4.58. The lowest BCUT2D eigenvalue weighted by Crippen LogP contribution is -2.47. The van der Waals surface area contributed by atoms with Crippen LogP contribution in [0.1, 0.15) is 19.8 Å². The Bertz CT molecular complexity index is 196. The molecule has 0 fully saturated rings. The fourth-order valence-electron chi connectivity index (χ4n) is 1.60. The maximum atomic E-state index is 6.06. The quantitative estimate of drug-likeness (QED) is 0.716. The summed E-state index contributed by atoms with van der Waals surface area (Å²) in [6, 6.07) is 0.0451. The van der Waals surface area contributed by atoms with Crippen LogP contribution in [0.25, 0.3) is 0 Å². The van der Waals surface area contributed by atoms with Crippen LogP contribution in [0.3, 0.4) is 0 Å². The number of hydrogen-bond acceptors (Lipinski definition) is 2. The Kier molecular flexibility index (Phi) is 3.70. The van der Waals surface area contributed by atoms with Crippen LogP contribution in [-0.2, 0) is 4.74 Å². The Hall–Kier alpha value is -0.600. The van der Waals surface area contributed by atoms with Crippen molar-refractivity contribution in [2.75, 3.05) is 7.11 Å². The Morgan fingerprint density at radius 2 is 2.00 bits per heavy atom. The van der Waals surface area contributed by atoms with Crippen molar-refractivity contribution in [2.24, 2.45) is 5.73 Å². The molecule has 1 rings (SSSR count). The van der Waals surface area contributed by atoms with E-state index in [4.69, 9.17) is 10.5 Å². The molecule has 13 heavy (non-hydrogen) atoms. The highest BCUT2D eigenvalue weighted by molar-refractivity contribution is 5.29. The van der Waals surface area contributed by atoms with E-state index in [0.29, 0.717) is 0 Å². The molecule has 0 spiro atoms. The summed E-state index contributed by atoms with van der Waals surface area (Å²) in [6.45, 7) is 2.13. The molecule has 2 N–H and O–H groups in total. The molecule has 2 heteroatoms. The van der Waals surface area contributed by atoms with Gasteiger partial charge in [0.05, 0.1) is 0 Å². The first-order valence-electron chi connectivity index (χ1n) is 4.76. The minimum absolute atomic E-state index is 0.0451. The molecule has 1 aliphatic carbocycles. The van der Waals surface area contributed by atoms with E-state index in [-0.39, 0.29) is 11.6 Å². The van der Waals surface area contributed by atoms with Crippen LogP contribution in [0.4, 0.5) is 0 Å². The van der Waals surface area contributed by atoms with Gasteiger partial charge in [-0.1, -0.05) is 37.6 Å². The molecule has 0 saturated carbocycles. The third-order valence-electron chi connectivity index (χ3n) is 2.47. The summed E-state index contributed by atoms with van der Waals surface area (Å²) < 4.78 is 5.47. The van der Waals surface area contributed by atoms with Crippen molar-refractivity contribution >= 4 is 0 Å². The molecule has 0 bridgehead atoms. The van der Waals surface area contributed by atoms with Gasteiger partial charge in [-0.2, -0.15) is 0 Å². The molecule has 0 aliphatic heterocycles. The lowest BCUT2D eigenvalue weighted by Gasteiger charge is -2.33. The lowest BCUT2D eigenvalue weighted by molar-refractivity contribution is 0.0480. The predicted molar refractivity (Wildman–Crippen MR) is 55.2 cm³/mol. The van der Waals surface area contributed by atoms with Crippen molar-refractivity contribution in [2.45, 2.75) is 31.4 Å². The molecular formula is C11H18NO. The molecule has 73 valence electrons. The van der Waals surface area contributed by atoms with Crippen LogP contribution in [-0.4, -0.2) is 18.8 Å². The summed E-state index contributed by atoms with van der Waals surface area (Å²) in [5.41, 5.74) is 5.68. The topological polar surface area (TPSA) is 35.2 Å². The first-order chi connectivity index (χ1) is 6.25. The zero-order valence-corrected chi connectivity index (χ0v) is 8.36. The summed E-state index contributed by atoms with van der Waals surface area (Å²) in [5, 5.41) is 0. The molecule has 0 amide bonds. The standard InChI is InChI=1S/C11H18NO/c1-3-7-10(12)11(13-2)8-5-4-6-9-11/h4-6,8-10H,3,7,12H2,1-2H3. The third kappa shape index (κ3) is 2.20. The van der Waals surface area contributed by atoms with Gasteiger partial charge in [0.25, 0.3) is 0 Å². The van der Waals surface area contributed by atoms with Crippen molar-refractivity contribution in [3.63, 3.8) is 0 Å². The van der Waals surface area contributed by atoms with Crippen LogP contribution in [0, 0.1) is 6.42 Å². The minimum atomic E-state index is -0.384. The molecule has 0 heterocycles. The average Bonchev–Trinajstić information content (AvgIpc) is 2.19. The summed E-state index contributed by atoms with van der Waals surface area (Å²) in [5.74, 6) is 0. The maximum Gasteiger partial charge on any atom is 0.119 e. The molecular weight excluding hydrogens is 162 g/mol. The van der Waals surface area contributed by atoms with Gasteiger partial charge in [0.15, 0.2) is 0 Å². The number of hydrogen-bond donors (Lipinski definition) is 1. The first-order valence-corrected chi connectivity index (χ1v) is 4.76. The summed E-state index contributed by atoms with van der Waals surface area (Å²) >= 11 is 0. The van der Waals surface area contributed by atoms with Gasteiger partial charge in [-0.15, -0.1) is 0 Å². The summed E-state index contributed by atoms with van der Waals surface area (Å²) in [6.07, 6.45) is 12.1. The smallest absolute Gasteiger partial charge is 0.119 e. The number of allylic oxidation sites excluding steroid dienone is 2. The molecule has 1 radical (unpaired) electrons. The normalized spacial score (nSPS) is 21.8. The zero-order valence-electron chi connectivity index (χ0n) is 8.36. The molecule has 0 saturated heterocycles. The van der Waals surface area contributed by atoms with Gasteiger partial charge in [0.2, 0.25) is 0 Å². The summed E-state index contributed by atoms with van der Waals surface area (Å²) in [7, 11) is 1.70. The van der Waals surface area contributed by atoms with E-state index in [0.717, 1.165) is 12.8 Å². The predicted octanol–water partition coefficient (Wildman–Crippen LogP) is 1.83. The molecule has 0 aromatic rings. The Labute approximate surface area is 80.5 Å². The van der Waals surface area contributed by atoms with E-state index in [9.17, 15) is 0 Å². The van der Waals surface area contributed by atoms with Gasteiger partial charge in [-0.25, -0.2) is 0 Å². The molecule has 1 aliphatic rings. The maximum absolute atomic E-state index is 6.06. The van der Waals surface area contributed by atoms with Gasteiger partial charge < -0.3 is 10.5 Å². The fourth-order valence-corrected chi connectivity index (χ4v) is 1.60. The number of methoxy groups -OCH3 is 1. The van der Waals surface area contributed by atoms with Gasteiger partial charge in [0, 0.05) is 19.6 Å². The van der Waals surface area contributed by atoms with Crippen molar-refractivity contribution in [1.82, 2.24) is 0 Å². The van der Waals surface area contributed by atoms with E-state index in [2.05, 4.69) is 6.92 Å². The van der Waals surface area contributed by atoms with Gasteiger partial charge >= 0.3 is 0 Å². The number of nitrogens with two attached hydrogens (primary N) is 1. The van der Waals surface area contributed by atoms with E-state index >= 15 is 0 Å². The van der Waals surface area contributed by atoms with E-state index in [1.165, 1.54) is 0 Å². The second-order valence-corrected chi connectivity index (χ2v) is 3.36. The average molecular weight is 180 g/mol. The second-order valence-electron chi connectivity index (χ2n) is 3.36. The number of ether oxygens (including phenoxy) is 1. The monoisotopic (exact) mass is 180 g/mol. The van der Waals surface area contributed by atoms with E-state index < -0.39 is 0 Å². The largest absolute Gasteiger partial charge is 0.368 e. The van der Waals surface area contributed by atoms with E-state index in [1.807, 2.05) is 30.7 Å². The molecule has 1 unspecified atom stereocenters. The highest BCUT2D eigenvalue weighted by atomic mass is 16.5. The highest BCUT2D eigenvalue weighted by Crippen LogP contribution is 2.24. The van der Waals surface area contributed by atoms with Crippen LogP contribution >= 0.6 is 0 Å². The number of rotatable bonds is 4. The highest BCUT2D eigenvalue weighted by Gasteiger charge is 2.31. The Balaban J connectivity index is 2.73.